The molecule has 3 nitrogen and oxygen atoms in total. The first-order chi connectivity index (χ1) is 8.54. The number of anilines is 1. The van der Waals surface area contributed by atoms with Crippen molar-refractivity contribution in [1.82, 2.24) is 9.78 Å². The van der Waals surface area contributed by atoms with E-state index in [4.69, 9.17) is 5.73 Å². The van der Waals surface area contributed by atoms with E-state index in [1.807, 2.05) is 12.1 Å². The minimum Gasteiger partial charge on any atom is -0.398 e. The van der Waals surface area contributed by atoms with Crippen molar-refractivity contribution in [3.05, 3.63) is 35.2 Å². The lowest BCUT2D eigenvalue weighted by Crippen LogP contribution is -2.01. The van der Waals surface area contributed by atoms with Gasteiger partial charge in [0, 0.05) is 29.1 Å². The lowest BCUT2D eigenvalue weighted by molar-refractivity contribution is 0.583. The highest BCUT2D eigenvalue weighted by atomic mass is 15.3. The SMILES string of the molecule is CCCn1nc(C)c(-c2cc(C)ccc2N)c1C. The Morgan fingerprint density at radius 3 is 2.61 bits per heavy atom. The quantitative estimate of drug-likeness (QED) is 0.839. The Hall–Kier alpha value is -1.77. The molecule has 0 aliphatic carbocycles. The van der Waals surface area contributed by atoms with Crippen LogP contribution in [0.5, 0.6) is 0 Å². The summed E-state index contributed by atoms with van der Waals surface area (Å²) in [5.41, 5.74) is 12.7. The molecule has 0 bridgehead atoms. The van der Waals surface area contributed by atoms with Gasteiger partial charge in [0.2, 0.25) is 0 Å². The van der Waals surface area contributed by atoms with E-state index in [1.54, 1.807) is 0 Å². The molecule has 0 fully saturated rings. The zero-order valence-electron chi connectivity index (χ0n) is 11.6. The first-order valence-corrected chi connectivity index (χ1v) is 6.45. The molecule has 2 aromatic rings. The fourth-order valence-electron chi connectivity index (χ4n) is 2.40. The number of rotatable bonds is 3. The van der Waals surface area contributed by atoms with Crippen LogP contribution < -0.4 is 5.73 Å². The van der Waals surface area contributed by atoms with Crippen molar-refractivity contribution < 1.29 is 0 Å². The molecule has 0 spiro atoms. The predicted octanol–water partition coefficient (Wildman–Crippen LogP) is 3.47. The van der Waals surface area contributed by atoms with E-state index in [2.05, 4.69) is 43.5 Å². The molecule has 0 saturated carbocycles. The van der Waals surface area contributed by atoms with Gasteiger partial charge in [-0.15, -0.1) is 0 Å². The highest BCUT2D eigenvalue weighted by Crippen LogP contribution is 2.32. The van der Waals surface area contributed by atoms with Crippen LogP contribution >= 0.6 is 0 Å². The van der Waals surface area contributed by atoms with Crippen LogP contribution in [0.3, 0.4) is 0 Å². The average molecular weight is 243 g/mol. The Kier molecular flexibility index (Phi) is 3.41. The van der Waals surface area contributed by atoms with Crippen molar-refractivity contribution in [2.45, 2.75) is 40.7 Å². The van der Waals surface area contributed by atoms with Crippen molar-refractivity contribution in [3.8, 4) is 11.1 Å². The zero-order chi connectivity index (χ0) is 13.3. The molecule has 3 heteroatoms. The van der Waals surface area contributed by atoms with Crippen molar-refractivity contribution in [2.24, 2.45) is 0 Å². The summed E-state index contributed by atoms with van der Waals surface area (Å²) < 4.78 is 2.08. The van der Waals surface area contributed by atoms with Gasteiger partial charge in [-0.25, -0.2) is 0 Å². The summed E-state index contributed by atoms with van der Waals surface area (Å²) in [6.07, 6.45) is 1.09. The molecular formula is C15H21N3. The van der Waals surface area contributed by atoms with Crippen LogP contribution in [0.15, 0.2) is 18.2 Å². The third kappa shape index (κ3) is 2.13. The van der Waals surface area contributed by atoms with E-state index in [0.717, 1.165) is 29.9 Å². The average Bonchev–Trinajstić information content (AvgIpc) is 2.59. The number of benzene rings is 1. The summed E-state index contributed by atoms with van der Waals surface area (Å²) in [4.78, 5) is 0. The van der Waals surface area contributed by atoms with Crippen LogP contribution in [0.2, 0.25) is 0 Å². The van der Waals surface area contributed by atoms with Gasteiger partial charge in [0.25, 0.3) is 0 Å². The maximum Gasteiger partial charge on any atom is 0.0675 e. The van der Waals surface area contributed by atoms with Gasteiger partial charge in [-0.1, -0.05) is 18.6 Å². The maximum atomic E-state index is 6.11. The Balaban J connectivity index is 2.60. The standard InChI is InChI=1S/C15H21N3/c1-5-8-18-12(4)15(11(3)17-18)13-9-10(2)6-7-14(13)16/h6-7,9H,5,8,16H2,1-4H3. The summed E-state index contributed by atoms with van der Waals surface area (Å²) in [5, 5.41) is 4.61. The number of hydrogen-bond donors (Lipinski definition) is 1. The highest BCUT2D eigenvalue weighted by Gasteiger charge is 2.15. The predicted molar refractivity (Wildman–Crippen MR) is 76.6 cm³/mol. The van der Waals surface area contributed by atoms with Gasteiger partial charge in [-0.2, -0.15) is 5.10 Å². The molecule has 0 amide bonds. The Bertz CT molecular complexity index is 567. The van der Waals surface area contributed by atoms with Gasteiger partial charge in [-0.05, 0) is 39.3 Å². The topological polar surface area (TPSA) is 43.8 Å². The second-order valence-electron chi connectivity index (χ2n) is 4.86. The van der Waals surface area contributed by atoms with E-state index in [9.17, 15) is 0 Å². The van der Waals surface area contributed by atoms with Crippen LogP contribution in [-0.2, 0) is 6.54 Å². The van der Waals surface area contributed by atoms with E-state index < -0.39 is 0 Å². The molecule has 1 aromatic heterocycles. The summed E-state index contributed by atoms with van der Waals surface area (Å²) in [7, 11) is 0. The second-order valence-corrected chi connectivity index (χ2v) is 4.86. The number of nitrogen functional groups attached to an aromatic ring is 1. The minimum atomic E-state index is 0.822. The van der Waals surface area contributed by atoms with Crippen molar-refractivity contribution >= 4 is 5.69 Å². The van der Waals surface area contributed by atoms with Gasteiger partial charge in [0.05, 0.1) is 5.69 Å². The molecule has 1 aromatic carbocycles. The number of hydrogen-bond acceptors (Lipinski definition) is 2. The summed E-state index contributed by atoms with van der Waals surface area (Å²) >= 11 is 0. The fraction of sp³-hybridized carbons (Fsp3) is 0.400. The number of nitrogens with zero attached hydrogens (tertiary/aromatic N) is 2. The molecule has 18 heavy (non-hydrogen) atoms. The summed E-state index contributed by atoms with van der Waals surface area (Å²) in [6.45, 7) is 9.38. The second kappa shape index (κ2) is 4.84. The molecule has 0 atom stereocenters. The third-order valence-electron chi connectivity index (χ3n) is 3.30. The molecule has 0 saturated heterocycles. The van der Waals surface area contributed by atoms with E-state index >= 15 is 0 Å². The van der Waals surface area contributed by atoms with Gasteiger partial charge >= 0.3 is 0 Å². The largest absolute Gasteiger partial charge is 0.398 e. The van der Waals surface area contributed by atoms with Crippen molar-refractivity contribution in [3.63, 3.8) is 0 Å². The summed E-state index contributed by atoms with van der Waals surface area (Å²) in [5.74, 6) is 0. The molecule has 2 rings (SSSR count). The van der Waals surface area contributed by atoms with Crippen LogP contribution in [-0.4, -0.2) is 9.78 Å². The Labute approximate surface area is 109 Å². The van der Waals surface area contributed by atoms with Crippen LogP contribution in [0.4, 0.5) is 5.69 Å². The fourth-order valence-corrected chi connectivity index (χ4v) is 2.40. The molecule has 0 aliphatic heterocycles. The first-order valence-electron chi connectivity index (χ1n) is 6.45. The van der Waals surface area contributed by atoms with Gasteiger partial charge in [0.15, 0.2) is 0 Å². The molecule has 96 valence electrons. The van der Waals surface area contributed by atoms with Crippen molar-refractivity contribution in [1.29, 1.82) is 0 Å². The van der Waals surface area contributed by atoms with Crippen molar-refractivity contribution in [2.75, 3.05) is 5.73 Å². The monoisotopic (exact) mass is 243 g/mol. The number of aryl methyl sites for hydroxylation is 3. The van der Waals surface area contributed by atoms with Gasteiger partial charge < -0.3 is 5.73 Å². The zero-order valence-corrected chi connectivity index (χ0v) is 11.6. The maximum absolute atomic E-state index is 6.11. The summed E-state index contributed by atoms with van der Waals surface area (Å²) in [6, 6.07) is 6.16. The van der Waals surface area contributed by atoms with E-state index in [-0.39, 0.29) is 0 Å². The van der Waals surface area contributed by atoms with Crippen LogP contribution in [0.1, 0.15) is 30.3 Å². The molecule has 2 N–H and O–H groups in total. The van der Waals surface area contributed by atoms with E-state index in [1.165, 1.54) is 16.8 Å². The smallest absolute Gasteiger partial charge is 0.0675 e. The molecule has 0 unspecified atom stereocenters. The Morgan fingerprint density at radius 1 is 1.22 bits per heavy atom. The highest BCUT2D eigenvalue weighted by molar-refractivity contribution is 5.79. The van der Waals surface area contributed by atoms with Gasteiger partial charge in [-0.3, -0.25) is 4.68 Å². The third-order valence-corrected chi connectivity index (χ3v) is 3.30. The Morgan fingerprint density at radius 2 is 1.94 bits per heavy atom. The lowest BCUT2D eigenvalue weighted by atomic mass is 10.00. The van der Waals surface area contributed by atoms with E-state index in [0.29, 0.717) is 0 Å². The molecular weight excluding hydrogens is 222 g/mol. The first kappa shape index (κ1) is 12.7. The number of nitrogens with two attached hydrogens (primary N) is 1. The molecule has 0 aliphatic rings. The minimum absolute atomic E-state index is 0.822. The van der Waals surface area contributed by atoms with Gasteiger partial charge in [0.1, 0.15) is 0 Å². The van der Waals surface area contributed by atoms with Crippen LogP contribution in [0.25, 0.3) is 11.1 Å². The normalized spacial score (nSPS) is 10.9. The molecule has 1 heterocycles. The number of aromatic nitrogens is 2. The van der Waals surface area contributed by atoms with Crippen LogP contribution in [0, 0.1) is 20.8 Å². The lowest BCUT2D eigenvalue weighted by Gasteiger charge is -2.08. The molecule has 0 radical (unpaired) electrons.